The first-order chi connectivity index (χ1) is 9.21. The van der Waals surface area contributed by atoms with Crippen LogP contribution in [0.15, 0.2) is 30.3 Å². The minimum atomic E-state index is -0.928. The van der Waals surface area contributed by atoms with Crippen LogP contribution in [0.1, 0.15) is 39.7 Å². The molecule has 0 aliphatic heterocycles. The summed E-state index contributed by atoms with van der Waals surface area (Å²) in [5, 5.41) is 15.9. The van der Waals surface area contributed by atoms with Gasteiger partial charge in [0.1, 0.15) is 5.54 Å². The lowest BCUT2D eigenvalue weighted by atomic mass is 9.83. The molecule has 1 amide bonds. The van der Waals surface area contributed by atoms with Crippen molar-refractivity contribution in [2.45, 2.75) is 51.3 Å². The number of hydrogen-bond acceptors (Lipinski definition) is 3. The molecule has 0 radical (unpaired) electrons. The molecule has 2 unspecified atom stereocenters. The van der Waals surface area contributed by atoms with E-state index in [1.807, 2.05) is 51.1 Å². The Morgan fingerprint density at radius 3 is 2.20 bits per heavy atom. The fourth-order valence-corrected chi connectivity index (χ4v) is 2.31. The quantitative estimate of drug-likeness (QED) is 0.769. The Kier molecular flexibility index (Phi) is 5.31. The topological polar surface area (TPSA) is 61.4 Å². The van der Waals surface area contributed by atoms with E-state index in [1.165, 1.54) is 0 Å². The molecule has 0 bridgehead atoms. The third-order valence-corrected chi connectivity index (χ3v) is 3.17. The molecule has 112 valence electrons. The van der Waals surface area contributed by atoms with Crippen molar-refractivity contribution in [3.8, 4) is 0 Å². The van der Waals surface area contributed by atoms with Crippen molar-refractivity contribution in [2.75, 3.05) is 7.05 Å². The van der Waals surface area contributed by atoms with Gasteiger partial charge in [0, 0.05) is 12.0 Å². The fourth-order valence-electron chi connectivity index (χ4n) is 2.31. The van der Waals surface area contributed by atoms with Crippen LogP contribution in [-0.4, -0.2) is 29.7 Å². The second-order valence-corrected chi connectivity index (χ2v) is 6.28. The largest absolute Gasteiger partial charge is 0.393 e. The number of nitrogens with one attached hydrogen (secondary N) is 2. The Morgan fingerprint density at radius 1 is 1.25 bits per heavy atom. The molecule has 0 saturated carbocycles. The van der Waals surface area contributed by atoms with Crippen molar-refractivity contribution in [1.29, 1.82) is 0 Å². The van der Waals surface area contributed by atoms with Crippen molar-refractivity contribution in [3.63, 3.8) is 0 Å². The summed E-state index contributed by atoms with van der Waals surface area (Å²) in [5.74, 6) is -0.125. The second kappa shape index (κ2) is 6.37. The molecular weight excluding hydrogens is 252 g/mol. The number of amides is 1. The summed E-state index contributed by atoms with van der Waals surface area (Å²) in [7, 11) is 1.75. The molecule has 1 rings (SSSR count). The van der Waals surface area contributed by atoms with Crippen LogP contribution in [0, 0.1) is 0 Å². The van der Waals surface area contributed by atoms with Gasteiger partial charge in [0.05, 0.1) is 6.10 Å². The van der Waals surface area contributed by atoms with Gasteiger partial charge in [-0.05, 0) is 40.3 Å². The summed E-state index contributed by atoms with van der Waals surface area (Å²) < 4.78 is 0. The molecule has 0 aliphatic rings. The average Bonchev–Trinajstić information content (AvgIpc) is 2.34. The lowest BCUT2D eigenvalue weighted by molar-refractivity contribution is -0.130. The summed E-state index contributed by atoms with van der Waals surface area (Å²) in [4.78, 5) is 12.8. The van der Waals surface area contributed by atoms with Crippen LogP contribution < -0.4 is 10.6 Å². The SMILES string of the molecule is CNC(CC(C)O)(C(=O)NC(C)(C)C)c1ccccc1. The molecule has 20 heavy (non-hydrogen) atoms. The first-order valence-corrected chi connectivity index (χ1v) is 6.96. The van der Waals surface area contributed by atoms with E-state index >= 15 is 0 Å². The van der Waals surface area contributed by atoms with Crippen LogP contribution in [0.4, 0.5) is 0 Å². The Bertz CT molecular complexity index is 438. The van der Waals surface area contributed by atoms with E-state index in [4.69, 9.17) is 0 Å². The number of aliphatic hydroxyl groups is 1. The summed E-state index contributed by atoms with van der Waals surface area (Å²) in [6, 6.07) is 9.51. The normalized spacial score (nSPS) is 16.3. The molecule has 2 atom stereocenters. The molecule has 0 spiro atoms. The minimum Gasteiger partial charge on any atom is -0.393 e. The molecule has 1 aromatic rings. The predicted octanol–water partition coefficient (Wildman–Crippen LogP) is 1.79. The maximum Gasteiger partial charge on any atom is 0.245 e. The Hall–Kier alpha value is -1.39. The van der Waals surface area contributed by atoms with Crippen molar-refractivity contribution < 1.29 is 9.90 Å². The zero-order chi connectivity index (χ0) is 15.4. The molecule has 4 nitrogen and oxygen atoms in total. The van der Waals surface area contributed by atoms with Gasteiger partial charge in [-0.15, -0.1) is 0 Å². The maximum absolute atomic E-state index is 12.8. The van der Waals surface area contributed by atoms with E-state index in [0.29, 0.717) is 6.42 Å². The number of aliphatic hydroxyl groups excluding tert-OH is 1. The van der Waals surface area contributed by atoms with Gasteiger partial charge in [0.15, 0.2) is 0 Å². The van der Waals surface area contributed by atoms with Gasteiger partial charge < -0.3 is 15.7 Å². The van der Waals surface area contributed by atoms with E-state index in [9.17, 15) is 9.90 Å². The van der Waals surface area contributed by atoms with E-state index in [2.05, 4.69) is 10.6 Å². The highest BCUT2D eigenvalue weighted by Crippen LogP contribution is 2.27. The van der Waals surface area contributed by atoms with Crippen LogP contribution in [0.2, 0.25) is 0 Å². The highest BCUT2D eigenvalue weighted by Gasteiger charge is 2.40. The van der Waals surface area contributed by atoms with E-state index in [-0.39, 0.29) is 11.4 Å². The molecule has 1 aromatic carbocycles. The van der Waals surface area contributed by atoms with Crippen LogP contribution in [0.5, 0.6) is 0 Å². The highest BCUT2D eigenvalue weighted by atomic mass is 16.3. The first-order valence-electron chi connectivity index (χ1n) is 6.96. The van der Waals surface area contributed by atoms with Gasteiger partial charge in [-0.3, -0.25) is 4.79 Å². The number of likely N-dealkylation sites (N-methyl/N-ethyl adjacent to an activating group) is 1. The summed E-state index contributed by atoms with van der Waals surface area (Å²) in [5.41, 5.74) is -0.403. The molecular formula is C16H26N2O2. The summed E-state index contributed by atoms with van der Waals surface area (Å²) >= 11 is 0. The lowest BCUT2D eigenvalue weighted by Crippen LogP contribution is -2.58. The molecule has 0 fully saturated rings. The number of hydrogen-bond donors (Lipinski definition) is 3. The van der Waals surface area contributed by atoms with Gasteiger partial charge >= 0.3 is 0 Å². The van der Waals surface area contributed by atoms with Gasteiger partial charge in [0.2, 0.25) is 5.91 Å². The van der Waals surface area contributed by atoms with Crippen molar-refractivity contribution in [1.82, 2.24) is 10.6 Å². The second-order valence-electron chi connectivity index (χ2n) is 6.28. The Morgan fingerprint density at radius 2 is 1.80 bits per heavy atom. The van der Waals surface area contributed by atoms with Crippen molar-refractivity contribution in [3.05, 3.63) is 35.9 Å². The van der Waals surface area contributed by atoms with E-state index in [1.54, 1.807) is 14.0 Å². The number of rotatable bonds is 5. The molecule has 0 aromatic heterocycles. The van der Waals surface area contributed by atoms with Gasteiger partial charge in [-0.1, -0.05) is 30.3 Å². The smallest absolute Gasteiger partial charge is 0.245 e. The molecule has 3 N–H and O–H groups in total. The molecule has 4 heteroatoms. The van der Waals surface area contributed by atoms with Crippen LogP contribution >= 0.6 is 0 Å². The van der Waals surface area contributed by atoms with E-state index in [0.717, 1.165) is 5.56 Å². The lowest BCUT2D eigenvalue weighted by Gasteiger charge is -2.36. The van der Waals surface area contributed by atoms with E-state index < -0.39 is 11.6 Å². The highest BCUT2D eigenvalue weighted by molar-refractivity contribution is 5.88. The van der Waals surface area contributed by atoms with Gasteiger partial charge in [0.25, 0.3) is 0 Å². The zero-order valence-corrected chi connectivity index (χ0v) is 13.0. The number of carbonyl (C=O) groups excluding carboxylic acids is 1. The van der Waals surface area contributed by atoms with Crippen molar-refractivity contribution in [2.24, 2.45) is 0 Å². The van der Waals surface area contributed by atoms with Crippen LogP contribution in [-0.2, 0) is 10.3 Å². The monoisotopic (exact) mass is 278 g/mol. The predicted molar refractivity (Wildman–Crippen MR) is 81.4 cm³/mol. The Labute approximate surface area is 121 Å². The Balaban J connectivity index is 3.22. The molecule has 0 saturated heterocycles. The number of carbonyl (C=O) groups is 1. The minimum absolute atomic E-state index is 0.125. The molecule has 0 heterocycles. The average molecular weight is 278 g/mol. The maximum atomic E-state index is 12.8. The van der Waals surface area contributed by atoms with Crippen molar-refractivity contribution >= 4 is 5.91 Å². The zero-order valence-electron chi connectivity index (χ0n) is 13.0. The van der Waals surface area contributed by atoms with Gasteiger partial charge in [-0.2, -0.15) is 0 Å². The van der Waals surface area contributed by atoms with Crippen LogP contribution in [0.3, 0.4) is 0 Å². The number of benzene rings is 1. The van der Waals surface area contributed by atoms with Gasteiger partial charge in [-0.25, -0.2) is 0 Å². The first kappa shape index (κ1) is 16.7. The third kappa shape index (κ3) is 4.05. The van der Waals surface area contributed by atoms with Crippen LogP contribution in [0.25, 0.3) is 0 Å². The summed E-state index contributed by atoms with van der Waals surface area (Å²) in [6.45, 7) is 7.52. The fraction of sp³-hybridized carbons (Fsp3) is 0.562. The standard InChI is InChI=1S/C16H26N2O2/c1-12(19)11-16(17-5,13-9-7-6-8-10-13)14(20)18-15(2,3)4/h6-10,12,17,19H,11H2,1-5H3,(H,18,20). The summed E-state index contributed by atoms with van der Waals surface area (Å²) in [6.07, 6.45) is -0.275. The third-order valence-electron chi connectivity index (χ3n) is 3.17. The molecule has 0 aliphatic carbocycles.